The largest absolute Gasteiger partial charge is 0.492 e. The summed E-state index contributed by atoms with van der Waals surface area (Å²) >= 11 is 5.23. The highest BCUT2D eigenvalue weighted by molar-refractivity contribution is 7.71. The van der Waals surface area contributed by atoms with Gasteiger partial charge in [0.1, 0.15) is 17.8 Å². The minimum Gasteiger partial charge on any atom is -0.492 e. The van der Waals surface area contributed by atoms with E-state index in [0.717, 1.165) is 16.8 Å². The smallest absolute Gasteiger partial charge is 0.239 e. The molecule has 0 radical (unpaired) electrons. The Morgan fingerprint density at radius 3 is 3.00 bits per heavy atom. The number of carbonyl (C=O) groups is 1. The maximum Gasteiger partial charge on any atom is 0.239 e. The number of carbonyl (C=O) groups excluding carboxylic acids is 1. The van der Waals surface area contributed by atoms with Gasteiger partial charge < -0.3 is 19.6 Å². The summed E-state index contributed by atoms with van der Waals surface area (Å²) in [6.07, 6.45) is 0. The summed E-state index contributed by atoms with van der Waals surface area (Å²) in [5.41, 5.74) is 1.70. The molecule has 0 spiro atoms. The second kappa shape index (κ2) is 5.22. The Balaban J connectivity index is 2.54. The Hall–Kier alpha value is -1.82. The summed E-state index contributed by atoms with van der Waals surface area (Å²) in [6, 6.07) is 5.67. The fraction of sp³-hybridized carbons (Fsp3) is 0.333. The molecule has 6 heteroatoms. The van der Waals surface area contributed by atoms with Crippen LogP contribution in [0.25, 0.3) is 11.0 Å². The Bertz CT molecular complexity index is 630. The van der Waals surface area contributed by atoms with E-state index < -0.39 is 0 Å². The number of aromatic nitrogens is 2. The Morgan fingerprint density at radius 2 is 2.33 bits per heavy atom. The maximum absolute atomic E-state index is 11.5. The highest BCUT2D eigenvalue weighted by Crippen LogP contribution is 2.24. The number of fused-ring (bicyclic) bond motifs is 1. The van der Waals surface area contributed by atoms with Crippen molar-refractivity contribution >= 4 is 29.2 Å². The highest BCUT2D eigenvalue weighted by atomic mass is 32.1. The van der Waals surface area contributed by atoms with Crippen molar-refractivity contribution in [3.8, 4) is 5.75 Å². The van der Waals surface area contributed by atoms with Crippen molar-refractivity contribution in [2.75, 3.05) is 13.7 Å². The van der Waals surface area contributed by atoms with E-state index in [4.69, 9.17) is 17.0 Å². The van der Waals surface area contributed by atoms with E-state index in [9.17, 15) is 4.79 Å². The monoisotopic (exact) mass is 265 g/mol. The predicted molar refractivity (Wildman–Crippen MR) is 72.4 cm³/mol. The van der Waals surface area contributed by atoms with Crippen molar-refractivity contribution in [3.63, 3.8) is 0 Å². The van der Waals surface area contributed by atoms with Gasteiger partial charge in [-0.3, -0.25) is 4.79 Å². The van der Waals surface area contributed by atoms with Gasteiger partial charge in [-0.05, 0) is 31.3 Å². The molecule has 0 aliphatic heterocycles. The standard InChI is InChI=1S/C12H15N3O2S/c1-3-17-9-6-4-5-8-11(9)14-12(18)15(8)7-10(16)13-2/h4-6H,3,7H2,1-2H3,(H,13,16)(H,14,18). The average molecular weight is 265 g/mol. The minimum absolute atomic E-state index is 0.0891. The molecule has 0 fully saturated rings. The van der Waals surface area contributed by atoms with Gasteiger partial charge in [0.25, 0.3) is 0 Å². The van der Waals surface area contributed by atoms with Gasteiger partial charge in [0.2, 0.25) is 5.91 Å². The van der Waals surface area contributed by atoms with Crippen LogP contribution in [-0.2, 0) is 11.3 Å². The summed E-state index contributed by atoms with van der Waals surface area (Å²) in [4.78, 5) is 14.5. The molecular weight excluding hydrogens is 250 g/mol. The third-order valence-corrected chi connectivity index (χ3v) is 2.97. The fourth-order valence-electron chi connectivity index (χ4n) is 1.81. The van der Waals surface area contributed by atoms with E-state index in [1.165, 1.54) is 0 Å². The molecule has 0 saturated heterocycles. The second-order valence-corrected chi connectivity index (χ2v) is 4.16. The lowest BCUT2D eigenvalue weighted by molar-refractivity contribution is -0.121. The molecule has 1 amide bonds. The maximum atomic E-state index is 11.5. The van der Waals surface area contributed by atoms with E-state index in [-0.39, 0.29) is 12.5 Å². The van der Waals surface area contributed by atoms with Crippen LogP contribution in [0.3, 0.4) is 0 Å². The normalized spacial score (nSPS) is 10.6. The quantitative estimate of drug-likeness (QED) is 0.829. The molecule has 5 nitrogen and oxygen atoms in total. The van der Waals surface area contributed by atoms with Crippen LogP contribution in [0.15, 0.2) is 18.2 Å². The molecule has 0 bridgehead atoms. The zero-order valence-electron chi connectivity index (χ0n) is 10.3. The van der Waals surface area contributed by atoms with Gasteiger partial charge >= 0.3 is 0 Å². The molecule has 1 heterocycles. The number of nitrogens with zero attached hydrogens (tertiary/aromatic N) is 1. The fourth-order valence-corrected chi connectivity index (χ4v) is 2.07. The van der Waals surface area contributed by atoms with E-state index in [0.29, 0.717) is 11.4 Å². The summed E-state index contributed by atoms with van der Waals surface area (Å²) in [5.74, 6) is 0.658. The lowest BCUT2D eigenvalue weighted by Crippen LogP contribution is -2.23. The zero-order chi connectivity index (χ0) is 13.1. The van der Waals surface area contributed by atoms with Gasteiger partial charge in [-0.1, -0.05) is 6.07 Å². The number of hydrogen-bond donors (Lipinski definition) is 2. The molecule has 0 saturated carbocycles. The molecule has 2 aromatic rings. The first kappa shape index (κ1) is 12.6. The Labute approximate surface area is 110 Å². The second-order valence-electron chi connectivity index (χ2n) is 3.77. The van der Waals surface area contributed by atoms with Crippen LogP contribution in [0.2, 0.25) is 0 Å². The van der Waals surface area contributed by atoms with Gasteiger partial charge in [0, 0.05) is 7.05 Å². The Morgan fingerprint density at radius 1 is 1.56 bits per heavy atom. The minimum atomic E-state index is -0.0891. The molecule has 0 aliphatic rings. The number of aromatic amines is 1. The van der Waals surface area contributed by atoms with Crippen molar-refractivity contribution < 1.29 is 9.53 Å². The Kier molecular flexibility index (Phi) is 3.66. The summed E-state index contributed by atoms with van der Waals surface area (Å²) < 4.78 is 7.80. The van der Waals surface area contributed by atoms with Crippen LogP contribution in [-0.4, -0.2) is 29.1 Å². The van der Waals surface area contributed by atoms with Crippen molar-refractivity contribution in [1.29, 1.82) is 0 Å². The number of benzene rings is 1. The molecule has 0 atom stereocenters. The topological polar surface area (TPSA) is 59.0 Å². The van der Waals surface area contributed by atoms with Gasteiger partial charge in [-0.2, -0.15) is 0 Å². The van der Waals surface area contributed by atoms with E-state index >= 15 is 0 Å². The molecule has 2 N–H and O–H groups in total. The molecule has 18 heavy (non-hydrogen) atoms. The zero-order valence-corrected chi connectivity index (χ0v) is 11.1. The molecule has 0 aliphatic carbocycles. The number of likely N-dealkylation sites (N-methyl/N-ethyl adjacent to an activating group) is 1. The highest BCUT2D eigenvalue weighted by Gasteiger charge is 2.10. The SMILES string of the molecule is CCOc1cccc2c1[nH]c(=S)n2CC(=O)NC. The van der Waals surface area contributed by atoms with Gasteiger partial charge in [0.05, 0.1) is 12.1 Å². The van der Waals surface area contributed by atoms with Crippen LogP contribution >= 0.6 is 12.2 Å². The molecule has 0 unspecified atom stereocenters. The van der Waals surface area contributed by atoms with Crippen LogP contribution < -0.4 is 10.1 Å². The molecule has 1 aromatic carbocycles. The van der Waals surface area contributed by atoms with E-state index in [1.807, 2.05) is 25.1 Å². The first-order valence-corrected chi connectivity index (χ1v) is 6.13. The first-order valence-electron chi connectivity index (χ1n) is 5.72. The lowest BCUT2D eigenvalue weighted by Gasteiger charge is -2.05. The van der Waals surface area contributed by atoms with Crippen molar-refractivity contribution in [3.05, 3.63) is 23.0 Å². The number of nitrogens with one attached hydrogen (secondary N) is 2. The number of H-pyrrole nitrogens is 1. The number of ether oxygens (including phenoxy) is 1. The molecular formula is C12H15N3O2S. The molecule has 96 valence electrons. The third kappa shape index (κ3) is 2.24. The first-order chi connectivity index (χ1) is 8.67. The summed E-state index contributed by atoms with van der Waals surface area (Å²) in [6.45, 7) is 2.71. The summed E-state index contributed by atoms with van der Waals surface area (Å²) in [7, 11) is 1.60. The molecule has 2 rings (SSSR count). The number of para-hydroxylation sites is 1. The number of amides is 1. The van der Waals surface area contributed by atoms with Crippen molar-refractivity contribution in [2.45, 2.75) is 13.5 Å². The van der Waals surface area contributed by atoms with Crippen LogP contribution in [0.4, 0.5) is 0 Å². The van der Waals surface area contributed by atoms with Gasteiger partial charge in [-0.25, -0.2) is 0 Å². The van der Waals surface area contributed by atoms with Crippen LogP contribution in [0.5, 0.6) is 5.75 Å². The van der Waals surface area contributed by atoms with Crippen LogP contribution in [0, 0.1) is 4.77 Å². The van der Waals surface area contributed by atoms with Crippen molar-refractivity contribution in [1.82, 2.24) is 14.9 Å². The van der Waals surface area contributed by atoms with Gasteiger partial charge in [-0.15, -0.1) is 0 Å². The molecule has 1 aromatic heterocycles. The van der Waals surface area contributed by atoms with Crippen LogP contribution in [0.1, 0.15) is 6.92 Å². The van der Waals surface area contributed by atoms with Gasteiger partial charge in [0.15, 0.2) is 4.77 Å². The third-order valence-electron chi connectivity index (χ3n) is 2.65. The van der Waals surface area contributed by atoms with Crippen molar-refractivity contribution in [2.24, 2.45) is 0 Å². The number of imidazole rings is 1. The average Bonchev–Trinajstić information content (AvgIpc) is 2.68. The number of rotatable bonds is 4. The number of hydrogen-bond acceptors (Lipinski definition) is 3. The summed E-state index contributed by atoms with van der Waals surface area (Å²) in [5, 5.41) is 2.58. The van der Waals surface area contributed by atoms with E-state index in [1.54, 1.807) is 11.6 Å². The lowest BCUT2D eigenvalue weighted by atomic mass is 10.3. The predicted octanol–water partition coefficient (Wildman–Crippen LogP) is 1.84. The van der Waals surface area contributed by atoms with E-state index in [2.05, 4.69) is 10.3 Å².